The topological polar surface area (TPSA) is 100 Å². The van der Waals surface area contributed by atoms with Gasteiger partial charge in [-0.05, 0) is 36.4 Å². The number of nitrogens with one attached hydrogen (secondary N) is 3. The summed E-state index contributed by atoms with van der Waals surface area (Å²) in [5.41, 5.74) is 0.886. The molecule has 0 radical (unpaired) electrons. The number of hydrogen-bond acceptors (Lipinski definition) is 5. The zero-order chi connectivity index (χ0) is 16.2. The summed E-state index contributed by atoms with van der Waals surface area (Å²) >= 11 is 1.37. The van der Waals surface area contributed by atoms with E-state index in [0.29, 0.717) is 5.92 Å². The zero-order valence-electron chi connectivity index (χ0n) is 12.7. The number of rotatable bonds is 4. The maximum atomic E-state index is 12.6. The smallest absolute Gasteiger partial charge is 0.321 e. The monoisotopic (exact) mass is 336 g/mol. The van der Waals surface area contributed by atoms with Crippen molar-refractivity contribution in [3.63, 3.8) is 0 Å². The van der Waals surface area contributed by atoms with Crippen molar-refractivity contribution in [3.05, 3.63) is 17.1 Å². The third-order valence-electron chi connectivity index (χ3n) is 4.51. The van der Waals surface area contributed by atoms with Crippen molar-refractivity contribution in [1.29, 1.82) is 0 Å². The van der Waals surface area contributed by atoms with E-state index in [9.17, 15) is 14.4 Å². The van der Waals surface area contributed by atoms with Crippen LogP contribution in [0.3, 0.4) is 0 Å². The molecule has 124 valence electrons. The predicted molar refractivity (Wildman–Crippen MR) is 84.6 cm³/mol. The lowest BCUT2D eigenvalue weighted by atomic mass is 9.94. The molecular weight excluding hydrogens is 316 g/mol. The number of hydrogen-bond donors (Lipinski definition) is 3. The van der Waals surface area contributed by atoms with Crippen LogP contribution in [0.25, 0.3) is 0 Å². The van der Waals surface area contributed by atoms with Gasteiger partial charge in [0, 0.05) is 18.3 Å². The Balaban J connectivity index is 1.70. The zero-order valence-corrected chi connectivity index (χ0v) is 13.5. The number of amides is 4. The third-order valence-corrected chi connectivity index (χ3v) is 5.08. The van der Waals surface area contributed by atoms with Crippen molar-refractivity contribution >= 4 is 29.4 Å². The van der Waals surface area contributed by atoms with Crippen LogP contribution in [0.2, 0.25) is 0 Å². The van der Waals surface area contributed by atoms with Gasteiger partial charge in [-0.15, -0.1) is 0 Å². The molecule has 2 fully saturated rings. The van der Waals surface area contributed by atoms with Crippen LogP contribution < -0.4 is 16.0 Å². The molecule has 1 aliphatic heterocycles. The molecule has 23 heavy (non-hydrogen) atoms. The van der Waals surface area contributed by atoms with Crippen molar-refractivity contribution in [1.82, 2.24) is 20.3 Å². The highest BCUT2D eigenvalue weighted by Gasteiger charge is 2.33. The van der Waals surface area contributed by atoms with Gasteiger partial charge < -0.3 is 10.6 Å². The molecule has 2 aliphatic rings. The minimum atomic E-state index is -0.552. The number of urea groups is 1. The molecule has 3 rings (SSSR count). The molecule has 2 heterocycles. The van der Waals surface area contributed by atoms with Crippen molar-refractivity contribution in [2.24, 2.45) is 11.8 Å². The van der Waals surface area contributed by atoms with E-state index in [2.05, 4.69) is 20.3 Å². The standard InChI is InChI=1S/C15H20N4O3S/c20-12-7-10(8-16-15(22)17-12)14(21)18-13(9-3-1-2-4-9)11-5-6-23-19-11/h5-6,9-10,13H,1-4,7-8H2,(H,18,21)(H2,16,17,20,22)/t10-,13-/m0/s1. The van der Waals surface area contributed by atoms with Crippen LogP contribution >= 0.6 is 11.5 Å². The first-order valence-corrected chi connectivity index (χ1v) is 8.75. The number of carbonyl (C=O) groups is 3. The first-order valence-electron chi connectivity index (χ1n) is 7.92. The Morgan fingerprint density at radius 3 is 2.83 bits per heavy atom. The first-order chi connectivity index (χ1) is 11.1. The fourth-order valence-corrected chi connectivity index (χ4v) is 3.85. The van der Waals surface area contributed by atoms with Crippen LogP contribution in [0.5, 0.6) is 0 Å². The molecule has 8 heteroatoms. The summed E-state index contributed by atoms with van der Waals surface area (Å²) < 4.78 is 4.38. The van der Waals surface area contributed by atoms with Crippen LogP contribution in [-0.4, -0.2) is 28.8 Å². The molecule has 2 atom stereocenters. The van der Waals surface area contributed by atoms with E-state index in [-0.39, 0.29) is 24.9 Å². The summed E-state index contributed by atoms with van der Waals surface area (Å²) in [6.45, 7) is 0.165. The quantitative estimate of drug-likeness (QED) is 0.772. The van der Waals surface area contributed by atoms with Crippen LogP contribution in [0.1, 0.15) is 43.8 Å². The van der Waals surface area contributed by atoms with E-state index >= 15 is 0 Å². The Hall–Kier alpha value is -1.96. The summed E-state index contributed by atoms with van der Waals surface area (Å²) in [4.78, 5) is 35.5. The van der Waals surface area contributed by atoms with Gasteiger partial charge in [0.2, 0.25) is 11.8 Å². The van der Waals surface area contributed by atoms with Crippen LogP contribution in [0.4, 0.5) is 4.79 Å². The SMILES string of the molecule is O=C1C[C@H](C(=O)N[C@H](c2ccsn2)C2CCCC2)CNC(=O)N1. The van der Waals surface area contributed by atoms with Gasteiger partial charge in [0.25, 0.3) is 0 Å². The molecule has 1 saturated heterocycles. The molecule has 0 aromatic carbocycles. The lowest BCUT2D eigenvalue weighted by Crippen LogP contribution is -2.41. The van der Waals surface area contributed by atoms with Crippen LogP contribution in [-0.2, 0) is 9.59 Å². The van der Waals surface area contributed by atoms with Gasteiger partial charge in [-0.3, -0.25) is 14.9 Å². The number of aromatic nitrogens is 1. The normalized spacial score (nSPS) is 23.7. The second-order valence-electron chi connectivity index (χ2n) is 6.11. The third kappa shape index (κ3) is 3.87. The lowest BCUT2D eigenvalue weighted by Gasteiger charge is -2.25. The fraction of sp³-hybridized carbons (Fsp3) is 0.600. The summed E-state index contributed by atoms with van der Waals surface area (Å²) in [6.07, 6.45) is 4.50. The summed E-state index contributed by atoms with van der Waals surface area (Å²) in [5.74, 6) is -0.794. The van der Waals surface area contributed by atoms with Crippen LogP contribution in [0.15, 0.2) is 11.4 Å². The molecule has 0 unspecified atom stereocenters. The Kier molecular flexibility index (Phi) is 4.90. The highest BCUT2D eigenvalue weighted by atomic mass is 32.1. The van der Waals surface area contributed by atoms with E-state index in [0.717, 1.165) is 18.5 Å². The van der Waals surface area contributed by atoms with Crippen molar-refractivity contribution in [2.75, 3.05) is 6.54 Å². The Morgan fingerprint density at radius 1 is 1.35 bits per heavy atom. The van der Waals surface area contributed by atoms with Gasteiger partial charge >= 0.3 is 6.03 Å². The Labute approximate surface area is 138 Å². The van der Waals surface area contributed by atoms with E-state index in [1.165, 1.54) is 24.4 Å². The molecule has 1 aromatic rings. The molecule has 0 spiro atoms. The second-order valence-corrected chi connectivity index (χ2v) is 6.78. The van der Waals surface area contributed by atoms with Gasteiger partial charge in [-0.25, -0.2) is 4.79 Å². The summed E-state index contributed by atoms with van der Waals surface area (Å²) in [6, 6.07) is 1.28. The average Bonchev–Trinajstić information content (AvgIpc) is 3.19. The van der Waals surface area contributed by atoms with Crippen molar-refractivity contribution in [2.45, 2.75) is 38.1 Å². The minimum absolute atomic E-state index is 0.0129. The summed E-state index contributed by atoms with van der Waals surface area (Å²) in [7, 11) is 0. The van der Waals surface area contributed by atoms with E-state index in [4.69, 9.17) is 0 Å². The molecule has 4 amide bonds. The molecule has 1 aromatic heterocycles. The number of nitrogens with zero attached hydrogens (tertiary/aromatic N) is 1. The highest BCUT2D eigenvalue weighted by molar-refractivity contribution is 7.03. The van der Waals surface area contributed by atoms with Gasteiger partial charge in [0.15, 0.2) is 0 Å². The van der Waals surface area contributed by atoms with Gasteiger partial charge in [-0.1, -0.05) is 12.8 Å². The van der Waals surface area contributed by atoms with Crippen molar-refractivity contribution in [3.8, 4) is 0 Å². The van der Waals surface area contributed by atoms with E-state index in [1.807, 2.05) is 11.4 Å². The predicted octanol–water partition coefficient (Wildman–Crippen LogP) is 1.34. The lowest BCUT2D eigenvalue weighted by molar-refractivity contribution is -0.130. The maximum absolute atomic E-state index is 12.6. The van der Waals surface area contributed by atoms with Crippen molar-refractivity contribution < 1.29 is 14.4 Å². The molecule has 1 aliphatic carbocycles. The van der Waals surface area contributed by atoms with Gasteiger partial charge in [0.05, 0.1) is 17.7 Å². The maximum Gasteiger partial charge on any atom is 0.321 e. The average molecular weight is 336 g/mol. The van der Waals surface area contributed by atoms with E-state index in [1.54, 1.807) is 0 Å². The summed E-state index contributed by atoms with van der Waals surface area (Å²) in [5, 5.41) is 9.69. The first kappa shape index (κ1) is 15.9. The largest absolute Gasteiger partial charge is 0.347 e. The van der Waals surface area contributed by atoms with Gasteiger partial charge in [-0.2, -0.15) is 4.37 Å². The second kappa shape index (κ2) is 7.08. The Bertz CT molecular complexity index is 584. The molecule has 0 bridgehead atoms. The minimum Gasteiger partial charge on any atom is -0.347 e. The number of imide groups is 1. The number of carbonyl (C=O) groups excluding carboxylic acids is 3. The van der Waals surface area contributed by atoms with E-state index < -0.39 is 17.9 Å². The van der Waals surface area contributed by atoms with Gasteiger partial charge in [0.1, 0.15) is 0 Å². The van der Waals surface area contributed by atoms with Crippen LogP contribution in [0, 0.1) is 11.8 Å². The fourth-order valence-electron chi connectivity index (χ4n) is 3.30. The molecule has 1 saturated carbocycles. The highest BCUT2D eigenvalue weighted by Crippen LogP contribution is 2.35. The molecule has 3 N–H and O–H groups in total. The molecular formula is C15H20N4O3S. The Morgan fingerprint density at radius 2 is 2.13 bits per heavy atom. The molecule has 7 nitrogen and oxygen atoms in total.